The van der Waals surface area contributed by atoms with Crippen LogP contribution in [0.4, 0.5) is 0 Å². The van der Waals surface area contributed by atoms with E-state index in [1.165, 1.54) is 11.5 Å². The number of nitrogens with zero attached hydrogens (tertiary/aromatic N) is 1. The lowest BCUT2D eigenvalue weighted by atomic mass is 10.1. The number of carboxylic acids is 1. The van der Waals surface area contributed by atoms with Crippen LogP contribution in [0.25, 0.3) is 0 Å². The lowest BCUT2D eigenvalue weighted by Gasteiger charge is -2.34. The maximum Gasteiger partial charge on any atom is 0.303 e. The average Bonchev–Trinajstić information content (AvgIpc) is 2.31. The van der Waals surface area contributed by atoms with Crippen LogP contribution in [0.2, 0.25) is 0 Å². The Hall–Kier alpha value is -0.220. The fraction of sp³-hybridized carbons (Fsp3) is 0.889. The first-order valence-corrected chi connectivity index (χ1v) is 5.95. The van der Waals surface area contributed by atoms with E-state index in [0.717, 1.165) is 25.6 Å². The van der Waals surface area contributed by atoms with Crippen LogP contribution >= 0.6 is 11.8 Å². The van der Waals surface area contributed by atoms with Gasteiger partial charge in [0.05, 0.1) is 0 Å². The second-order valence-electron chi connectivity index (χ2n) is 3.94. The van der Waals surface area contributed by atoms with Crippen LogP contribution in [0, 0.1) is 5.92 Å². The number of thioether (sulfide) groups is 1. The summed E-state index contributed by atoms with van der Waals surface area (Å²) in [5, 5.41) is 8.65. The molecule has 0 radical (unpaired) electrons. The monoisotopic (exact) mass is 201 g/mol. The molecule has 1 unspecified atom stereocenters. The van der Waals surface area contributed by atoms with E-state index in [0.29, 0.717) is 12.3 Å². The van der Waals surface area contributed by atoms with Crippen molar-refractivity contribution in [2.75, 3.05) is 24.6 Å². The number of hydrogen-bond donors (Lipinski definition) is 1. The molecule has 2 saturated heterocycles. The number of likely N-dealkylation sites (tertiary alicyclic amines) is 1. The van der Waals surface area contributed by atoms with Gasteiger partial charge in [0.25, 0.3) is 0 Å². The third-order valence-corrected chi connectivity index (χ3v) is 4.16. The van der Waals surface area contributed by atoms with Crippen LogP contribution in [0.1, 0.15) is 12.8 Å². The van der Waals surface area contributed by atoms with Gasteiger partial charge in [0.2, 0.25) is 0 Å². The zero-order valence-corrected chi connectivity index (χ0v) is 8.42. The van der Waals surface area contributed by atoms with E-state index in [1.54, 1.807) is 0 Å². The molecule has 3 nitrogen and oxygen atoms in total. The van der Waals surface area contributed by atoms with Gasteiger partial charge >= 0.3 is 5.97 Å². The molecule has 1 atom stereocenters. The maximum atomic E-state index is 10.5. The van der Waals surface area contributed by atoms with Gasteiger partial charge in [0, 0.05) is 30.5 Å². The van der Waals surface area contributed by atoms with Crippen LogP contribution in [0.15, 0.2) is 0 Å². The van der Waals surface area contributed by atoms with Crippen LogP contribution in [0.3, 0.4) is 0 Å². The van der Waals surface area contributed by atoms with Crippen molar-refractivity contribution in [1.82, 2.24) is 4.90 Å². The molecule has 4 heteroatoms. The molecule has 0 amide bonds. The van der Waals surface area contributed by atoms with E-state index in [-0.39, 0.29) is 0 Å². The predicted octanol–water partition coefficient (Wildman–Crippen LogP) is 0.898. The fourth-order valence-electron chi connectivity index (χ4n) is 2.04. The standard InChI is InChI=1S/C9H15NO2S/c11-9(12)3-7-1-2-10(4-7)8-5-13-6-8/h7-8H,1-6H2,(H,11,12). The van der Waals surface area contributed by atoms with Gasteiger partial charge in [-0.25, -0.2) is 0 Å². The molecule has 2 rings (SSSR count). The summed E-state index contributed by atoms with van der Waals surface area (Å²) in [4.78, 5) is 13.0. The Labute approximate surface area is 82.5 Å². The average molecular weight is 201 g/mol. The number of aliphatic carboxylic acids is 1. The van der Waals surface area contributed by atoms with Crippen molar-refractivity contribution in [1.29, 1.82) is 0 Å². The van der Waals surface area contributed by atoms with Crippen molar-refractivity contribution in [3.63, 3.8) is 0 Å². The molecule has 74 valence electrons. The minimum absolute atomic E-state index is 0.358. The number of carboxylic acid groups (broad SMARTS) is 1. The third-order valence-electron chi connectivity index (χ3n) is 2.92. The lowest BCUT2D eigenvalue weighted by molar-refractivity contribution is -0.138. The van der Waals surface area contributed by atoms with E-state index in [1.807, 2.05) is 11.8 Å². The summed E-state index contributed by atoms with van der Waals surface area (Å²) in [6.07, 6.45) is 1.43. The zero-order chi connectivity index (χ0) is 9.26. The van der Waals surface area contributed by atoms with E-state index in [2.05, 4.69) is 4.90 Å². The van der Waals surface area contributed by atoms with Gasteiger partial charge in [-0.2, -0.15) is 11.8 Å². The lowest BCUT2D eigenvalue weighted by Crippen LogP contribution is -2.42. The van der Waals surface area contributed by atoms with E-state index < -0.39 is 5.97 Å². The summed E-state index contributed by atoms with van der Waals surface area (Å²) in [5.41, 5.74) is 0. The number of carbonyl (C=O) groups is 1. The predicted molar refractivity (Wildman–Crippen MR) is 53.0 cm³/mol. The highest BCUT2D eigenvalue weighted by atomic mass is 32.2. The molecule has 0 aromatic carbocycles. The summed E-state index contributed by atoms with van der Waals surface area (Å²) in [6.45, 7) is 2.13. The topological polar surface area (TPSA) is 40.5 Å². The van der Waals surface area contributed by atoms with E-state index in [4.69, 9.17) is 5.11 Å². The summed E-state index contributed by atoms with van der Waals surface area (Å²) >= 11 is 1.99. The highest BCUT2D eigenvalue weighted by Gasteiger charge is 2.32. The molecule has 2 heterocycles. The molecule has 0 aromatic heterocycles. The Balaban J connectivity index is 1.76. The Kier molecular flexibility index (Phi) is 2.79. The van der Waals surface area contributed by atoms with Crippen molar-refractivity contribution in [2.24, 2.45) is 5.92 Å². The quantitative estimate of drug-likeness (QED) is 0.736. The van der Waals surface area contributed by atoms with Crippen molar-refractivity contribution in [3.05, 3.63) is 0 Å². The van der Waals surface area contributed by atoms with Gasteiger partial charge in [-0.15, -0.1) is 0 Å². The summed E-state index contributed by atoms with van der Waals surface area (Å²) in [7, 11) is 0. The van der Waals surface area contributed by atoms with Gasteiger partial charge in [0.1, 0.15) is 0 Å². The molecule has 0 spiro atoms. The van der Waals surface area contributed by atoms with Crippen LogP contribution < -0.4 is 0 Å². The zero-order valence-electron chi connectivity index (χ0n) is 7.61. The van der Waals surface area contributed by atoms with Gasteiger partial charge in [-0.1, -0.05) is 0 Å². The minimum atomic E-state index is -0.644. The van der Waals surface area contributed by atoms with E-state index >= 15 is 0 Å². The summed E-state index contributed by atoms with van der Waals surface area (Å²) < 4.78 is 0. The van der Waals surface area contributed by atoms with Gasteiger partial charge in [-0.05, 0) is 18.9 Å². The van der Waals surface area contributed by atoms with Crippen molar-refractivity contribution < 1.29 is 9.90 Å². The molecule has 2 aliphatic heterocycles. The Bertz CT molecular complexity index is 206. The first kappa shape index (κ1) is 9.34. The van der Waals surface area contributed by atoms with Crippen LogP contribution in [0.5, 0.6) is 0 Å². The Morgan fingerprint density at radius 2 is 2.31 bits per heavy atom. The molecule has 0 aliphatic carbocycles. The number of rotatable bonds is 3. The molecule has 13 heavy (non-hydrogen) atoms. The third kappa shape index (κ3) is 2.17. The normalized spacial score (nSPS) is 30.3. The molecule has 0 saturated carbocycles. The van der Waals surface area contributed by atoms with Crippen LogP contribution in [-0.4, -0.2) is 46.6 Å². The molecule has 1 N–H and O–H groups in total. The molecule has 2 aliphatic rings. The fourth-order valence-corrected chi connectivity index (χ4v) is 2.91. The SMILES string of the molecule is O=C(O)CC1CCN(C2CSC2)C1. The van der Waals surface area contributed by atoms with E-state index in [9.17, 15) is 4.79 Å². The molecular formula is C9H15NO2S. The van der Waals surface area contributed by atoms with Gasteiger partial charge in [-0.3, -0.25) is 9.69 Å². The smallest absolute Gasteiger partial charge is 0.303 e. The Morgan fingerprint density at radius 1 is 1.54 bits per heavy atom. The molecule has 0 bridgehead atoms. The van der Waals surface area contributed by atoms with Gasteiger partial charge < -0.3 is 5.11 Å². The summed E-state index contributed by atoms with van der Waals surface area (Å²) in [5.74, 6) is 2.26. The van der Waals surface area contributed by atoms with Crippen molar-refractivity contribution in [2.45, 2.75) is 18.9 Å². The summed E-state index contributed by atoms with van der Waals surface area (Å²) in [6, 6.07) is 0.754. The highest BCUT2D eigenvalue weighted by molar-refractivity contribution is 8.00. The molecule has 2 fully saturated rings. The van der Waals surface area contributed by atoms with Crippen molar-refractivity contribution >= 4 is 17.7 Å². The largest absolute Gasteiger partial charge is 0.481 e. The van der Waals surface area contributed by atoms with Crippen LogP contribution in [-0.2, 0) is 4.79 Å². The molecule has 0 aromatic rings. The maximum absolute atomic E-state index is 10.5. The van der Waals surface area contributed by atoms with Gasteiger partial charge in [0.15, 0.2) is 0 Å². The molecular weight excluding hydrogens is 186 g/mol. The Morgan fingerprint density at radius 3 is 2.85 bits per heavy atom. The number of hydrogen-bond acceptors (Lipinski definition) is 3. The highest BCUT2D eigenvalue weighted by Crippen LogP contribution is 2.29. The van der Waals surface area contributed by atoms with Crippen molar-refractivity contribution in [3.8, 4) is 0 Å². The minimum Gasteiger partial charge on any atom is -0.481 e. The second-order valence-corrected chi connectivity index (χ2v) is 5.01. The first-order chi connectivity index (χ1) is 6.25. The first-order valence-electron chi connectivity index (χ1n) is 4.79. The second kappa shape index (κ2) is 3.88.